The van der Waals surface area contributed by atoms with Gasteiger partial charge in [-0.2, -0.15) is 0 Å². The van der Waals surface area contributed by atoms with Crippen LogP contribution in [0.5, 0.6) is 0 Å². The van der Waals surface area contributed by atoms with Gasteiger partial charge in [-0.3, -0.25) is 13.9 Å². The number of anilines is 1. The monoisotopic (exact) mass is 362 g/mol. The van der Waals surface area contributed by atoms with Gasteiger partial charge in [-0.15, -0.1) is 0 Å². The fraction of sp³-hybridized carbons (Fsp3) is 0.556. The van der Waals surface area contributed by atoms with Crippen LogP contribution in [0.25, 0.3) is 0 Å². The van der Waals surface area contributed by atoms with E-state index in [1.54, 1.807) is 4.90 Å². The van der Waals surface area contributed by atoms with Crippen LogP contribution in [0, 0.1) is 0 Å². The first kappa shape index (κ1) is 16.6. The second kappa shape index (κ2) is 6.44. The maximum absolute atomic E-state index is 12.3. The Bertz CT molecular complexity index is 741. The number of hydrogen-bond donors (Lipinski definition) is 1. The van der Waals surface area contributed by atoms with E-state index >= 15 is 0 Å². The summed E-state index contributed by atoms with van der Waals surface area (Å²) in [5.41, 5.74) is 3.37. The fourth-order valence-corrected chi connectivity index (χ4v) is 5.40. The van der Waals surface area contributed by atoms with Crippen LogP contribution in [-0.2, 0) is 26.8 Å². The molecule has 3 aliphatic rings. The number of rotatable bonds is 3. The SMILES string of the molecule is CC(=O)NC[C@@H]1OC(=O)N2c3ccc(C4CCS(=O)CC4)cc3C[C@@H]12. The zero-order chi connectivity index (χ0) is 17.6. The number of carbonyl (C=O) groups excluding carboxylic acids is 2. The predicted molar refractivity (Wildman–Crippen MR) is 95.2 cm³/mol. The van der Waals surface area contributed by atoms with Crippen molar-refractivity contribution in [3.63, 3.8) is 0 Å². The smallest absolute Gasteiger partial charge is 0.415 e. The van der Waals surface area contributed by atoms with Gasteiger partial charge in [0, 0.05) is 29.2 Å². The van der Waals surface area contributed by atoms with Gasteiger partial charge in [-0.1, -0.05) is 12.1 Å². The van der Waals surface area contributed by atoms with Crippen molar-refractivity contribution in [1.29, 1.82) is 0 Å². The molecule has 0 aliphatic carbocycles. The minimum absolute atomic E-state index is 0.0524. The molecule has 0 unspecified atom stereocenters. The van der Waals surface area contributed by atoms with Gasteiger partial charge in [0.25, 0.3) is 0 Å². The van der Waals surface area contributed by atoms with E-state index in [0.29, 0.717) is 12.5 Å². The van der Waals surface area contributed by atoms with Gasteiger partial charge in [0.1, 0.15) is 6.10 Å². The van der Waals surface area contributed by atoms with Gasteiger partial charge in [0.05, 0.1) is 18.3 Å². The van der Waals surface area contributed by atoms with E-state index < -0.39 is 10.8 Å². The standard InChI is InChI=1S/C18H22N2O4S/c1-11(21)19-10-17-16-9-14-8-13(12-4-6-25(23)7-5-12)2-3-15(14)20(16)18(22)24-17/h2-3,8,12,16-17H,4-7,9-10H2,1H3,(H,19,21)/t12?,16-,17-,25?/m0/s1. The number of ether oxygens (including phenoxy) is 1. The summed E-state index contributed by atoms with van der Waals surface area (Å²) in [6, 6.07) is 6.26. The van der Waals surface area contributed by atoms with E-state index in [1.807, 2.05) is 6.07 Å². The molecule has 1 aromatic carbocycles. The molecule has 3 aliphatic heterocycles. The molecule has 0 bridgehead atoms. The van der Waals surface area contributed by atoms with Crippen molar-refractivity contribution in [2.45, 2.75) is 44.2 Å². The maximum atomic E-state index is 12.3. The highest BCUT2D eigenvalue weighted by atomic mass is 32.2. The summed E-state index contributed by atoms with van der Waals surface area (Å²) in [5, 5.41) is 2.74. The molecule has 4 rings (SSSR count). The molecule has 3 heterocycles. The Morgan fingerprint density at radius 1 is 1.36 bits per heavy atom. The van der Waals surface area contributed by atoms with Crippen LogP contribution in [-0.4, -0.2) is 46.4 Å². The van der Waals surface area contributed by atoms with E-state index in [2.05, 4.69) is 17.4 Å². The van der Waals surface area contributed by atoms with Crippen molar-refractivity contribution >= 4 is 28.5 Å². The van der Waals surface area contributed by atoms with Crippen LogP contribution < -0.4 is 10.2 Å². The van der Waals surface area contributed by atoms with Crippen molar-refractivity contribution < 1.29 is 18.5 Å². The first-order valence-electron chi connectivity index (χ1n) is 8.75. The number of cyclic esters (lactones) is 1. The topological polar surface area (TPSA) is 75.7 Å². The van der Waals surface area contributed by atoms with Crippen LogP contribution in [0.15, 0.2) is 18.2 Å². The number of benzene rings is 1. The fourth-order valence-electron chi connectivity index (χ4n) is 4.10. The lowest BCUT2D eigenvalue weighted by Crippen LogP contribution is -2.40. The molecule has 0 spiro atoms. The summed E-state index contributed by atoms with van der Waals surface area (Å²) >= 11 is 0. The third-order valence-electron chi connectivity index (χ3n) is 5.41. The third-order valence-corrected chi connectivity index (χ3v) is 6.80. The van der Waals surface area contributed by atoms with Crippen molar-refractivity contribution in [3.05, 3.63) is 29.3 Å². The number of carbonyl (C=O) groups is 2. The van der Waals surface area contributed by atoms with Crippen molar-refractivity contribution in [2.24, 2.45) is 0 Å². The van der Waals surface area contributed by atoms with E-state index in [1.165, 1.54) is 18.1 Å². The summed E-state index contributed by atoms with van der Waals surface area (Å²) in [6.07, 6.45) is 2.03. The Kier molecular flexibility index (Phi) is 4.27. The van der Waals surface area contributed by atoms with Gasteiger partial charge in [0.2, 0.25) is 5.91 Å². The largest absolute Gasteiger partial charge is 0.442 e. The summed E-state index contributed by atoms with van der Waals surface area (Å²) in [5.74, 6) is 1.89. The van der Waals surface area contributed by atoms with Crippen molar-refractivity contribution in [1.82, 2.24) is 5.32 Å². The van der Waals surface area contributed by atoms with Gasteiger partial charge >= 0.3 is 6.09 Å². The summed E-state index contributed by atoms with van der Waals surface area (Å²) in [4.78, 5) is 25.1. The first-order valence-corrected chi connectivity index (χ1v) is 10.2. The van der Waals surface area contributed by atoms with Crippen LogP contribution in [0.1, 0.15) is 36.8 Å². The molecule has 1 N–H and O–H groups in total. The zero-order valence-corrected chi connectivity index (χ0v) is 15.0. The van der Waals surface area contributed by atoms with Gasteiger partial charge in [-0.25, -0.2) is 4.79 Å². The van der Waals surface area contributed by atoms with E-state index in [-0.39, 0.29) is 24.1 Å². The molecule has 6 nitrogen and oxygen atoms in total. The first-order chi connectivity index (χ1) is 12.0. The number of nitrogens with one attached hydrogen (secondary N) is 1. The quantitative estimate of drug-likeness (QED) is 0.888. The molecule has 0 aromatic heterocycles. The average Bonchev–Trinajstić information content (AvgIpc) is 3.11. The highest BCUT2D eigenvalue weighted by Gasteiger charge is 2.47. The van der Waals surface area contributed by atoms with E-state index in [9.17, 15) is 13.8 Å². The molecule has 7 heteroatoms. The maximum Gasteiger partial charge on any atom is 0.415 e. The Morgan fingerprint density at radius 3 is 2.84 bits per heavy atom. The second-order valence-corrected chi connectivity index (χ2v) is 8.71. The zero-order valence-electron chi connectivity index (χ0n) is 14.2. The molecule has 2 fully saturated rings. The van der Waals surface area contributed by atoms with E-state index in [4.69, 9.17) is 4.74 Å². The Morgan fingerprint density at radius 2 is 2.12 bits per heavy atom. The molecular weight excluding hydrogens is 340 g/mol. The molecular formula is C18H22N2O4S. The van der Waals surface area contributed by atoms with Crippen molar-refractivity contribution in [2.75, 3.05) is 23.0 Å². The van der Waals surface area contributed by atoms with Crippen LogP contribution in [0.3, 0.4) is 0 Å². The van der Waals surface area contributed by atoms with Gasteiger partial charge < -0.3 is 10.1 Å². The highest BCUT2D eigenvalue weighted by molar-refractivity contribution is 7.85. The molecule has 0 saturated carbocycles. The molecule has 2 atom stereocenters. The van der Waals surface area contributed by atoms with Crippen molar-refractivity contribution in [3.8, 4) is 0 Å². The average molecular weight is 362 g/mol. The Balaban J connectivity index is 1.53. The summed E-state index contributed by atoms with van der Waals surface area (Å²) < 4.78 is 17.0. The molecule has 1 aromatic rings. The normalized spacial score (nSPS) is 30.6. The lowest BCUT2D eigenvalue weighted by atomic mass is 9.91. The molecule has 0 radical (unpaired) electrons. The molecule has 2 amide bonds. The van der Waals surface area contributed by atoms with E-state index in [0.717, 1.165) is 36.5 Å². The number of hydrogen-bond acceptors (Lipinski definition) is 4. The van der Waals surface area contributed by atoms with Gasteiger partial charge in [-0.05, 0) is 42.4 Å². The highest BCUT2D eigenvalue weighted by Crippen LogP contribution is 2.41. The molecule has 2 saturated heterocycles. The molecule has 134 valence electrons. The minimum Gasteiger partial charge on any atom is -0.442 e. The number of amides is 2. The van der Waals surface area contributed by atoms with Crippen LogP contribution in [0.4, 0.5) is 10.5 Å². The Labute approximate surface area is 149 Å². The lowest BCUT2D eigenvalue weighted by molar-refractivity contribution is -0.119. The number of fused-ring (bicyclic) bond motifs is 3. The summed E-state index contributed by atoms with van der Waals surface area (Å²) in [6.45, 7) is 1.80. The predicted octanol–water partition coefficient (Wildman–Crippen LogP) is 1.70. The summed E-state index contributed by atoms with van der Waals surface area (Å²) in [7, 11) is -0.657. The molecule has 25 heavy (non-hydrogen) atoms. The number of nitrogens with zero attached hydrogens (tertiary/aromatic N) is 1. The lowest BCUT2D eigenvalue weighted by Gasteiger charge is -2.22. The second-order valence-electron chi connectivity index (χ2n) is 7.01. The third kappa shape index (κ3) is 3.05. The van der Waals surface area contributed by atoms with Gasteiger partial charge in [0.15, 0.2) is 0 Å². The van der Waals surface area contributed by atoms with Crippen LogP contribution >= 0.6 is 0 Å². The Hall–Kier alpha value is -1.89. The van der Waals surface area contributed by atoms with Crippen LogP contribution in [0.2, 0.25) is 0 Å². The minimum atomic E-state index is -0.657.